The SMILES string of the molecule is CC(C)NC[C@@H](O)COC(=O)C1CCCCC1. The van der Waals surface area contributed by atoms with Crippen LogP contribution in [-0.2, 0) is 9.53 Å². The van der Waals surface area contributed by atoms with E-state index in [-0.39, 0.29) is 18.5 Å². The van der Waals surface area contributed by atoms with Crippen molar-refractivity contribution in [2.45, 2.75) is 58.1 Å². The summed E-state index contributed by atoms with van der Waals surface area (Å²) in [7, 11) is 0. The molecule has 1 atom stereocenters. The molecule has 0 aromatic rings. The number of aliphatic hydroxyl groups is 1. The molecule has 1 saturated carbocycles. The van der Waals surface area contributed by atoms with Gasteiger partial charge in [-0.2, -0.15) is 0 Å². The van der Waals surface area contributed by atoms with E-state index in [0.717, 1.165) is 25.7 Å². The highest BCUT2D eigenvalue weighted by Gasteiger charge is 2.23. The maximum absolute atomic E-state index is 11.7. The van der Waals surface area contributed by atoms with Crippen molar-refractivity contribution in [3.05, 3.63) is 0 Å². The fourth-order valence-electron chi connectivity index (χ4n) is 2.07. The number of rotatable bonds is 6. The van der Waals surface area contributed by atoms with Crippen LogP contribution in [0.15, 0.2) is 0 Å². The van der Waals surface area contributed by atoms with Crippen molar-refractivity contribution in [3.63, 3.8) is 0 Å². The first-order chi connectivity index (χ1) is 8.09. The van der Waals surface area contributed by atoms with Gasteiger partial charge >= 0.3 is 5.97 Å². The molecule has 0 aromatic heterocycles. The Morgan fingerprint density at radius 2 is 2.00 bits per heavy atom. The van der Waals surface area contributed by atoms with Crippen LogP contribution >= 0.6 is 0 Å². The molecule has 0 aromatic carbocycles. The zero-order valence-corrected chi connectivity index (χ0v) is 10.9. The first-order valence-electron chi connectivity index (χ1n) is 6.67. The Labute approximate surface area is 104 Å². The first kappa shape index (κ1) is 14.5. The van der Waals surface area contributed by atoms with Gasteiger partial charge in [0.1, 0.15) is 12.7 Å². The molecule has 100 valence electrons. The van der Waals surface area contributed by atoms with Gasteiger partial charge in [0, 0.05) is 12.6 Å². The van der Waals surface area contributed by atoms with Crippen molar-refractivity contribution in [1.29, 1.82) is 0 Å². The van der Waals surface area contributed by atoms with Crippen LogP contribution in [0.2, 0.25) is 0 Å². The van der Waals surface area contributed by atoms with Crippen molar-refractivity contribution in [1.82, 2.24) is 5.32 Å². The second-order valence-electron chi connectivity index (χ2n) is 5.18. The molecule has 17 heavy (non-hydrogen) atoms. The van der Waals surface area contributed by atoms with Gasteiger partial charge in [0.15, 0.2) is 0 Å². The molecule has 0 aliphatic heterocycles. The third-order valence-corrected chi connectivity index (χ3v) is 3.12. The predicted molar refractivity (Wildman–Crippen MR) is 66.7 cm³/mol. The summed E-state index contributed by atoms with van der Waals surface area (Å²) in [5.41, 5.74) is 0. The van der Waals surface area contributed by atoms with Crippen LogP contribution in [0.1, 0.15) is 46.0 Å². The van der Waals surface area contributed by atoms with Crippen LogP contribution in [0, 0.1) is 5.92 Å². The third-order valence-electron chi connectivity index (χ3n) is 3.12. The number of carbonyl (C=O) groups is 1. The number of hydrogen-bond acceptors (Lipinski definition) is 4. The van der Waals surface area contributed by atoms with Gasteiger partial charge in [0.25, 0.3) is 0 Å². The second kappa shape index (κ2) is 7.67. The summed E-state index contributed by atoms with van der Waals surface area (Å²) in [6.07, 6.45) is 4.75. The Hall–Kier alpha value is -0.610. The Balaban J connectivity index is 2.13. The fraction of sp³-hybridized carbons (Fsp3) is 0.923. The molecule has 0 unspecified atom stereocenters. The van der Waals surface area contributed by atoms with E-state index in [2.05, 4.69) is 5.32 Å². The first-order valence-corrected chi connectivity index (χ1v) is 6.67. The monoisotopic (exact) mass is 243 g/mol. The van der Waals surface area contributed by atoms with E-state index in [1.165, 1.54) is 6.42 Å². The molecule has 2 N–H and O–H groups in total. The summed E-state index contributed by atoms with van der Waals surface area (Å²) in [5.74, 6) is -0.0673. The van der Waals surface area contributed by atoms with Gasteiger partial charge in [-0.3, -0.25) is 4.79 Å². The third kappa shape index (κ3) is 6.03. The molecule has 0 heterocycles. The quantitative estimate of drug-likeness (QED) is 0.694. The topological polar surface area (TPSA) is 58.6 Å². The molecule has 0 saturated heterocycles. The Kier molecular flexibility index (Phi) is 6.52. The number of ether oxygens (including phenoxy) is 1. The normalized spacial score (nSPS) is 19.3. The number of hydrogen-bond donors (Lipinski definition) is 2. The Morgan fingerprint density at radius 3 is 2.59 bits per heavy atom. The molecule has 1 rings (SSSR count). The average Bonchev–Trinajstić information content (AvgIpc) is 2.34. The molecule has 0 bridgehead atoms. The smallest absolute Gasteiger partial charge is 0.309 e. The summed E-state index contributed by atoms with van der Waals surface area (Å²) < 4.78 is 5.15. The van der Waals surface area contributed by atoms with E-state index in [4.69, 9.17) is 4.74 Å². The van der Waals surface area contributed by atoms with Gasteiger partial charge in [-0.15, -0.1) is 0 Å². The molecule has 1 aliphatic rings. The zero-order valence-electron chi connectivity index (χ0n) is 10.9. The lowest BCUT2D eigenvalue weighted by Crippen LogP contribution is -2.35. The van der Waals surface area contributed by atoms with Crippen LogP contribution in [0.5, 0.6) is 0 Å². The highest BCUT2D eigenvalue weighted by atomic mass is 16.5. The molecular formula is C13H25NO3. The fourth-order valence-corrected chi connectivity index (χ4v) is 2.07. The van der Waals surface area contributed by atoms with Gasteiger partial charge in [-0.1, -0.05) is 33.1 Å². The van der Waals surface area contributed by atoms with Crippen molar-refractivity contribution in [2.75, 3.05) is 13.2 Å². The largest absolute Gasteiger partial charge is 0.463 e. The van der Waals surface area contributed by atoms with E-state index in [9.17, 15) is 9.90 Å². The minimum absolute atomic E-state index is 0.0639. The summed E-state index contributed by atoms with van der Waals surface area (Å²) >= 11 is 0. The lowest BCUT2D eigenvalue weighted by Gasteiger charge is -2.21. The molecule has 1 aliphatic carbocycles. The van der Waals surface area contributed by atoms with Crippen molar-refractivity contribution >= 4 is 5.97 Å². The van der Waals surface area contributed by atoms with Gasteiger partial charge < -0.3 is 15.2 Å². The van der Waals surface area contributed by atoms with E-state index in [1.54, 1.807) is 0 Å². The molecule has 4 heteroatoms. The molecule has 0 amide bonds. The number of aliphatic hydroxyl groups excluding tert-OH is 1. The number of carbonyl (C=O) groups excluding carboxylic acids is 1. The zero-order chi connectivity index (χ0) is 12.7. The maximum Gasteiger partial charge on any atom is 0.309 e. The van der Waals surface area contributed by atoms with Gasteiger partial charge in [-0.25, -0.2) is 0 Å². The molecule has 1 fully saturated rings. The lowest BCUT2D eigenvalue weighted by molar-refractivity contribution is -0.152. The average molecular weight is 243 g/mol. The highest BCUT2D eigenvalue weighted by Crippen LogP contribution is 2.24. The van der Waals surface area contributed by atoms with Crippen LogP contribution in [-0.4, -0.2) is 36.4 Å². The van der Waals surface area contributed by atoms with Gasteiger partial charge in [0.05, 0.1) is 5.92 Å². The Bertz CT molecular complexity index is 225. The maximum atomic E-state index is 11.7. The van der Waals surface area contributed by atoms with Crippen molar-refractivity contribution in [3.8, 4) is 0 Å². The minimum Gasteiger partial charge on any atom is -0.463 e. The van der Waals surface area contributed by atoms with Crippen LogP contribution in [0.25, 0.3) is 0 Å². The highest BCUT2D eigenvalue weighted by molar-refractivity contribution is 5.72. The minimum atomic E-state index is -0.607. The van der Waals surface area contributed by atoms with Crippen molar-refractivity contribution < 1.29 is 14.6 Å². The van der Waals surface area contributed by atoms with E-state index in [1.807, 2.05) is 13.8 Å². The van der Waals surface area contributed by atoms with E-state index < -0.39 is 6.10 Å². The standard InChI is InChI=1S/C13H25NO3/c1-10(2)14-8-12(15)9-17-13(16)11-6-4-3-5-7-11/h10-12,14-15H,3-9H2,1-2H3/t12-/m1/s1. The van der Waals surface area contributed by atoms with Crippen LogP contribution in [0.4, 0.5) is 0 Å². The van der Waals surface area contributed by atoms with Gasteiger partial charge in [-0.05, 0) is 12.8 Å². The van der Waals surface area contributed by atoms with Crippen molar-refractivity contribution in [2.24, 2.45) is 5.92 Å². The van der Waals surface area contributed by atoms with Gasteiger partial charge in [0.2, 0.25) is 0 Å². The summed E-state index contributed by atoms with van der Waals surface area (Å²) in [6.45, 7) is 4.60. The summed E-state index contributed by atoms with van der Waals surface area (Å²) in [6, 6.07) is 0.332. The molecular weight excluding hydrogens is 218 g/mol. The molecule has 0 spiro atoms. The van der Waals surface area contributed by atoms with E-state index >= 15 is 0 Å². The molecule has 0 radical (unpaired) electrons. The molecule has 4 nitrogen and oxygen atoms in total. The predicted octanol–water partition coefficient (Wildman–Crippen LogP) is 1.47. The number of nitrogens with one attached hydrogen (secondary N) is 1. The van der Waals surface area contributed by atoms with Crippen LogP contribution < -0.4 is 5.32 Å². The summed E-state index contributed by atoms with van der Waals surface area (Å²) in [5, 5.41) is 12.7. The Morgan fingerprint density at radius 1 is 1.35 bits per heavy atom. The van der Waals surface area contributed by atoms with Crippen LogP contribution in [0.3, 0.4) is 0 Å². The second-order valence-corrected chi connectivity index (χ2v) is 5.18. The van der Waals surface area contributed by atoms with E-state index in [0.29, 0.717) is 12.6 Å². The summed E-state index contributed by atoms with van der Waals surface area (Å²) in [4.78, 5) is 11.7. The lowest BCUT2D eigenvalue weighted by atomic mass is 9.89. The number of esters is 1.